The van der Waals surface area contributed by atoms with E-state index in [0.29, 0.717) is 5.01 Å². The van der Waals surface area contributed by atoms with E-state index in [4.69, 9.17) is 27.9 Å². The minimum Gasteiger partial charge on any atom is -0.423 e. The number of nitrogens with zero attached hydrogens (tertiary/aromatic N) is 3. The van der Waals surface area contributed by atoms with E-state index in [9.17, 15) is 34.1 Å². The van der Waals surface area contributed by atoms with Crippen molar-refractivity contribution in [1.82, 2.24) is 10.0 Å². The fourth-order valence-electron chi connectivity index (χ4n) is 4.23. The van der Waals surface area contributed by atoms with Crippen LogP contribution in [0.15, 0.2) is 91.0 Å². The van der Waals surface area contributed by atoms with Gasteiger partial charge in [0.15, 0.2) is 5.78 Å². The number of halogens is 2. The van der Waals surface area contributed by atoms with E-state index in [0.717, 1.165) is 17.1 Å². The molecule has 1 aliphatic heterocycles. The van der Waals surface area contributed by atoms with E-state index < -0.39 is 40.9 Å². The second-order valence-corrected chi connectivity index (χ2v) is 9.91. The van der Waals surface area contributed by atoms with E-state index in [1.807, 2.05) is 0 Å². The standard InChI is InChI=1S/C30H17Cl2N3O8/c31-24-14-9-19(15-25(24)32)27(37)33(34-28(38)22-3-1-2-4-23(22)29(34)39)16-26(36)17-7-12-21(13-8-17)43-30(40)18-5-10-20(11-6-18)35(41)42/h1-15H,16H2. The zero-order chi connectivity index (χ0) is 30.8. The maximum atomic E-state index is 13.6. The number of fused-ring (bicyclic) bond motifs is 1. The number of imide groups is 1. The summed E-state index contributed by atoms with van der Waals surface area (Å²) in [5.74, 6) is -3.76. The lowest BCUT2D eigenvalue weighted by Gasteiger charge is -2.29. The number of ether oxygens (including phenoxy) is 1. The normalized spacial score (nSPS) is 12.1. The van der Waals surface area contributed by atoms with E-state index >= 15 is 0 Å². The van der Waals surface area contributed by atoms with E-state index in [-0.39, 0.29) is 49.3 Å². The first kappa shape index (κ1) is 29.1. The molecule has 1 aliphatic rings. The number of non-ortho nitro benzene ring substituents is 1. The van der Waals surface area contributed by atoms with Crippen LogP contribution in [0.4, 0.5) is 5.69 Å². The lowest BCUT2D eigenvalue weighted by molar-refractivity contribution is -0.384. The molecule has 43 heavy (non-hydrogen) atoms. The van der Waals surface area contributed by atoms with Gasteiger partial charge in [-0.05, 0) is 66.7 Å². The van der Waals surface area contributed by atoms with Crippen molar-refractivity contribution >= 4 is 58.4 Å². The zero-order valence-electron chi connectivity index (χ0n) is 21.7. The number of hydrogen-bond donors (Lipinski definition) is 0. The van der Waals surface area contributed by atoms with Gasteiger partial charge >= 0.3 is 5.97 Å². The van der Waals surface area contributed by atoms with Crippen molar-refractivity contribution in [2.45, 2.75) is 0 Å². The molecule has 0 unspecified atom stereocenters. The number of nitro benzene ring substituents is 1. The quantitative estimate of drug-likeness (QED) is 0.0615. The first-order chi connectivity index (χ1) is 20.5. The van der Waals surface area contributed by atoms with Gasteiger partial charge in [0, 0.05) is 23.3 Å². The van der Waals surface area contributed by atoms with Gasteiger partial charge < -0.3 is 4.74 Å². The Kier molecular flexibility index (Phi) is 8.02. The average Bonchev–Trinajstić information content (AvgIpc) is 3.26. The van der Waals surface area contributed by atoms with Gasteiger partial charge in [0.25, 0.3) is 23.4 Å². The third kappa shape index (κ3) is 5.85. The molecule has 4 aromatic carbocycles. The van der Waals surface area contributed by atoms with E-state index in [1.54, 1.807) is 12.1 Å². The first-order valence-corrected chi connectivity index (χ1v) is 13.2. The summed E-state index contributed by atoms with van der Waals surface area (Å²) in [5, 5.41) is 12.4. The van der Waals surface area contributed by atoms with Crippen LogP contribution in [0.3, 0.4) is 0 Å². The van der Waals surface area contributed by atoms with Gasteiger partial charge in [-0.2, -0.15) is 5.01 Å². The summed E-state index contributed by atoms with van der Waals surface area (Å²) >= 11 is 12.1. The number of carbonyl (C=O) groups is 5. The highest BCUT2D eigenvalue weighted by Gasteiger charge is 2.42. The van der Waals surface area contributed by atoms with Crippen molar-refractivity contribution < 1.29 is 33.6 Å². The minimum atomic E-state index is -0.852. The molecule has 0 N–H and O–H groups in total. The molecule has 5 rings (SSSR count). The Morgan fingerprint density at radius 3 is 1.88 bits per heavy atom. The van der Waals surface area contributed by atoms with Crippen LogP contribution in [-0.2, 0) is 0 Å². The molecular weight excluding hydrogens is 601 g/mol. The molecule has 0 spiro atoms. The Labute approximate surface area is 252 Å². The second-order valence-electron chi connectivity index (χ2n) is 9.10. The van der Waals surface area contributed by atoms with Crippen LogP contribution >= 0.6 is 23.2 Å². The molecule has 1 heterocycles. The Balaban J connectivity index is 1.37. The molecule has 0 radical (unpaired) electrons. The van der Waals surface area contributed by atoms with E-state index in [2.05, 4.69) is 0 Å². The molecule has 0 bridgehead atoms. The molecule has 0 saturated carbocycles. The number of esters is 1. The Morgan fingerprint density at radius 2 is 1.33 bits per heavy atom. The van der Waals surface area contributed by atoms with Crippen molar-refractivity contribution in [3.05, 3.63) is 139 Å². The number of carbonyl (C=O) groups excluding carboxylic acids is 5. The van der Waals surface area contributed by atoms with Gasteiger partial charge in [0.2, 0.25) is 0 Å². The number of rotatable bonds is 8. The molecule has 0 aromatic heterocycles. The first-order valence-electron chi connectivity index (χ1n) is 12.4. The van der Waals surface area contributed by atoms with Crippen molar-refractivity contribution in [3.8, 4) is 5.75 Å². The number of Topliss-reactive ketones (excluding diaryl/α,β-unsaturated/α-hetero) is 1. The summed E-state index contributed by atoms with van der Waals surface area (Å²) in [5.41, 5.74) is 0.0959. The third-order valence-electron chi connectivity index (χ3n) is 6.41. The summed E-state index contributed by atoms with van der Waals surface area (Å²) in [6, 6.07) is 20.2. The second kappa shape index (κ2) is 11.8. The van der Waals surface area contributed by atoms with Gasteiger partial charge in [-0.1, -0.05) is 35.3 Å². The van der Waals surface area contributed by atoms with Gasteiger partial charge in [0.05, 0.1) is 31.7 Å². The topological polar surface area (TPSA) is 144 Å². The van der Waals surface area contributed by atoms with Crippen LogP contribution in [0.1, 0.15) is 51.8 Å². The molecule has 11 nitrogen and oxygen atoms in total. The van der Waals surface area contributed by atoms with Crippen LogP contribution in [0.5, 0.6) is 5.75 Å². The Hall–Kier alpha value is -5.39. The predicted octanol–water partition coefficient (Wildman–Crippen LogP) is 5.66. The SMILES string of the molecule is O=C(CN(C(=O)c1ccc(Cl)c(Cl)c1)N1C(=O)c2ccccc2C1=O)c1ccc(OC(=O)c2ccc([N+](=O)[O-])cc2)cc1. The molecule has 214 valence electrons. The number of ketones is 1. The van der Waals surface area contributed by atoms with Crippen LogP contribution in [-0.4, -0.2) is 51.0 Å². The highest BCUT2D eigenvalue weighted by atomic mass is 35.5. The van der Waals surface area contributed by atoms with Crippen molar-refractivity contribution in [2.75, 3.05) is 6.54 Å². The summed E-state index contributed by atoms with van der Waals surface area (Å²) in [6.07, 6.45) is 0. The highest BCUT2D eigenvalue weighted by molar-refractivity contribution is 6.42. The monoisotopic (exact) mass is 617 g/mol. The Bertz CT molecular complexity index is 1790. The smallest absolute Gasteiger partial charge is 0.343 e. The average molecular weight is 618 g/mol. The summed E-state index contributed by atoms with van der Waals surface area (Å²) in [4.78, 5) is 76.0. The van der Waals surface area contributed by atoms with Crippen LogP contribution in [0.25, 0.3) is 0 Å². The van der Waals surface area contributed by atoms with Crippen molar-refractivity contribution in [3.63, 3.8) is 0 Å². The molecule has 0 fully saturated rings. The van der Waals surface area contributed by atoms with Crippen LogP contribution < -0.4 is 4.74 Å². The molecule has 4 aromatic rings. The maximum Gasteiger partial charge on any atom is 0.343 e. The Morgan fingerprint density at radius 1 is 0.767 bits per heavy atom. The van der Waals surface area contributed by atoms with Crippen molar-refractivity contribution in [1.29, 1.82) is 0 Å². The van der Waals surface area contributed by atoms with Gasteiger partial charge in [0.1, 0.15) is 12.3 Å². The van der Waals surface area contributed by atoms with Gasteiger partial charge in [-0.15, -0.1) is 0 Å². The highest BCUT2D eigenvalue weighted by Crippen LogP contribution is 2.28. The van der Waals surface area contributed by atoms with E-state index in [1.165, 1.54) is 66.7 Å². The number of hydrogen-bond acceptors (Lipinski definition) is 8. The predicted molar refractivity (Wildman–Crippen MR) is 153 cm³/mol. The third-order valence-corrected chi connectivity index (χ3v) is 7.15. The number of benzene rings is 4. The number of hydrazine groups is 1. The van der Waals surface area contributed by atoms with Crippen LogP contribution in [0.2, 0.25) is 10.0 Å². The molecule has 13 heteroatoms. The molecule has 3 amide bonds. The van der Waals surface area contributed by atoms with Crippen LogP contribution in [0, 0.1) is 10.1 Å². The van der Waals surface area contributed by atoms with Gasteiger partial charge in [-0.3, -0.25) is 29.3 Å². The number of nitro groups is 1. The molecule has 0 atom stereocenters. The maximum absolute atomic E-state index is 13.6. The summed E-state index contributed by atoms with van der Waals surface area (Å²) in [7, 11) is 0. The summed E-state index contributed by atoms with van der Waals surface area (Å²) < 4.78 is 5.27. The molecule has 0 aliphatic carbocycles. The lowest BCUT2D eigenvalue weighted by Crippen LogP contribution is -2.51. The molecule has 0 saturated heterocycles. The van der Waals surface area contributed by atoms with Gasteiger partial charge in [-0.25, -0.2) is 9.80 Å². The summed E-state index contributed by atoms with van der Waals surface area (Å²) in [6.45, 7) is -0.702. The zero-order valence-corrected chi connectivity index (χ0v) is 23.2. The molecular formula is C30H17Cl2N3O8. The largest absolute Gasteiger partial charge is 0.423 e. The fraction of sp³-hybridized carbons (Fsp3) is 0.0333. The fourth-order valence-corrected chi connectivity index (χ4v) is 4.53. The minimum absolute atomic E-state index is 0.0211. The number of amides is 3. The lowest BCUT2D eigenvalue weighted by atomic mass is 10.1. The van der Waals surface area contributed by atoms with Crippen molar-refractivity contribution in [2.24, 2.45) is 0 Å².